The van der Waals surface area contributed by atoms with Gasteiger partial charge in [0.2, 0.25) is 0 Å². The van der Waals surface area contributed by atoms with Crippen LogP contribution in [0.2, 0.25) is 0 Å². The molecule has 50 valence electrons. The van der Waals surface area contributed by atoms with Crippen molar-refractivity contribution in [2.45, 2.75) is 32.1 Å². The molecule has 0 aromatic carbocycles. The standard InChI is InChI=1S/C9H14/c1-2-7-5-8-3-6(1)4-9(7)8/h6-9H,1-5H2/t6-,7+,8-,9-/m0/s1. The number of fused-ring (bicyclic) bond motifs is 1. The van der Waals surface area contributed by atoms with Gasteiger partial charge < -0.3 is 0 Å². The molecule has 3 saturated carbocycles. The second kappa shape index (κ2) is 1.36. The molecule has 0 nitrogen and oxygen atoms in total. The van der Waals surface area contributed by atoms with Crippen LogP contribution in [0, 0.1) is 23.7 Å². The van der Waals surface area contributed by atoms with Gasteiger partial charge in [0, 0.05) is 0 Å². The van der Waals surface area contributed by atoms with Crippen LogP contribution in [0.15, 0.2) is 0 Å². The largest absolute Gasteiger partial charge is 0.0502 e. The molecule has 3 rings (SSSR count). The second-order valence-corrected chi connectivity index (χ2v) is 4.33. The Labute approximate surface area is 56.6 Å². The molecule has 0 heteroatoms. The Bertz CT molecular complexity index is 125. The van der Waals surface area contributed by atoms with E-state index in [0.717, 1.165) is 0 Å². The van der Waals surface area contributed by atoms with Crippen molar-refractivity contribution in [1.29, 1.82) is 0 Å². The molecule has 0 amide bonds. The van der Waals surface area contributed by atoms with Crippen LogP contribution in [-0.2, 0) is 0 Å². The summed E-state index contributed by atoms with van der Waals surface area (Å²) < 4.78 is 0. The van der Waals surface area contributed by atoms with Crippen LogP contribution < -0.4 is 0 Å². The summed E-state index contributed by atoms with van der Waals surface area (Å²) in [6.07, 6.45) is 8.02. The van der Waals surface area contributed by atoms with E-state index in [1.165, 1.54) is 23.7 Å². The Hall–Kier alpha value is 0. The first-order chi connectivity index (χ1) is 4.43. The van der Waals surface area contributed by atoms with Crippen molar-refractivity contribution < 1.29 is 0 Å². The summed E-state index contributed by atoms with van der Waals surface area (Å²) in [6, 6.07) is 0. The summed E-state index contributed by atoms with van der Waals surface area (Å²) in [5.74, 6) is 4.82. The highest BCUT2D eigenvalue weighted by molar-refractivity contribution is 5.00. The van der Waals surface area contributed by atoms with Crippen LogP contribution in [0.5, 0.6) is 0 Å². The van der Waals surface area contributed by atoms with Crippen molar-refractivity contribution >= 4 is 0 Å². The van der Waals surface area contributed by atoms with Crippen molar-refractivity contribution in [3.8, 4) is 0 Å². The molecular formula is C9H14. The summed E-state index contributed by atoms with van der Waals surface area (Å²) in [5, 5.41) is 0. The number of hydrogen-bond donors (Lipinski definition) is 0. The first-order valence-corrected chi connectivity index (χ1v) is 4.43. The Morgan fingerprint density at radius 2 is 1.78 bits per heavy atom. The van der Waals surface area contributed by atoms with Gasteiger partial charge in [-0.05, 0) is 49.4 Å². The summed E-state index contributed by atoms with van der Waals surface area (Å²) >= 11 is 0. The SMILES string of the molecule is C1C[C@@H]2C[C@@H]3C[C@H]1C[C@@H]23. The molecule has 0 heterocycles. The van der Waals surface area contributed by atoms with E-state index in [-0.39, 0.29) is 0 Å². The zero-order valence-electron chi connectivity index (χ0n) is 5.84. The minimum Gasteiger partial charge on any atom is -0.0502 e. The highest BCUT2D eigenvalue weighted by atomic mass is 14.5. The molecule has 0 spiro atoms. The lowest BCUT2D eigenvalue weighted by atomic mass is 9.64. The van der Waals surface area contributed by atoms with E-state index in [0.29, 0.717) is 0 Å². The second-order valence-electron chi connectivity index (χ2n) is 4.33. The minimum absolute atomic E-state index is 1.18. The summed E-state index contributed by atoms with van der Waals surface area (Å²) in [4.78, 5) is 0. The first-order valence-electron chi connectivity index (χ1n) is 4.43. The minimum atomic E-state index is 1.18. The van der Waals surface area contributed by atoms with Crippen LogP contribution in [0.25, 0.3) is 0 Å². The molecule has 3 fully saturated rings. The summed E-state index contributed by atoms with van der Waals surface area (Å²) in [6.45, 7) is 0. The number of hydrogen-bond acceptors (Lipinski definition) is 0. The highest BCUT2D eigenvalue weighted by Gasteiger charge is 2.50. The zero-order valence-corrected chi connectivity index (χ0v) is 5.84. The van der Waals surface area contributed by atoms with Crippen molar-refractivity contribution in [3.63, 3.8) is 0 Å². The number of rotatable bonds is 0. The van der Waals surface area contributed by atoms with Gasteiger partial charge in [0.15, 0.2) is 0 Å². The van der Waals surface area contributed by atoms with Crippen molar-refractivity contribution in [3.05, 3.63) is 0 Å². The first kappa shape index (κ1) is 4.76. The monoisotopic (exact) mass is 122 g/mol. The van der Waals surface area contributed by atoms with Crippen LogP contribution in [-0.4, -0.2) is 0 Å². The molecule has 4 atom stereocenters. The average molecular weight is 122 g/mol. The zero-order chi connectivity index (χ0) is 5.84. The molecule has 0 saturated heterocycles. The average Bonchev–Trinajstić information content (AvgIpc) is 2.04. The van der Waals surface area contributed by atoms with Gasteiger partial charge in [0.25, 0.3) is 0 Å². The van der Waals surface area contributed by atoms with Crippen molar-refractivity contribution in [2.24, 2.45) is 23.7 Å². The summed E-state index contributed by atoms with van der Waals surface area (Å²) in [5.41, 5.74) is 0. The molecule has 0 unspecified atom stereocenters. The van der Waals surface area contributed by atoms with Crippen molar-refractivity contribution in [2.75, 3.05) is 0 Å². The Morgan fingerprint density at radius 1 is 0.778 bits per heavy atom. The van der Waals surface area contributed by atoms with Gasteiger partial charge in [0.05, 0.1) is 0 Å². The Kier molecular flexibility index (Phi) is 0.717. The molecule has 3 aliphatic carbocycles. The maximum atomic E-state index is 1.62. The third kappa shape index (κ3) is 0.461. The van der Waals surface area contributed by atoms with Gasteiger partial charge in [-0.3, -0.25) is 0 Å². The van der Waals surface area contributed by atoms with Crippen molar-refractivity contribution in [1.82, 2.24) is 0 Å². The smallest absolute Gasteiger partial charge is 0.0354 e. The molecular weight excluding hydrogens is 108 g/mol. The maximum absolute atomic E-state index is 1.62. The fourth-order valence-corrected chi connectivity index (χ4v) is 3.51. The predicted octanol–water partition coefficient (Wildman–Crippen LogP) is 2.44. The van der Waals surface area contributed by atoms with Gasteiger partial charge in [-0.15, -0.1) is 0 Å². The fraction of sp³-hybridized carbons (Fsp3) is 1.00. The normalized spacial score (nSPS) is 61.3. The lowest BCUT2D eigenvalue weighted by Crippen LogP contribution is -2.32. The molecule has 3 aliphatic rings. The van der Waals surface area contributed by atoms with E-state index in [1.54, 1.807) is 32.1 Å². The van der Waals surface area contributed by atoms with Gasteiger partial charge in [0.1, 0.15) is 0 Å². The lowest BCUT2D eigenvalue weighted by Gasteiger charge is -2.41. The molecule has 0 aromatic heterocycles. The molecule has 2 bridgehead atoms. The van der Waals surface area contributed by atoms with E-state index < -0.39 is 0 Å². The highest BCUT2D eigenvalue weighted by Crippen LogP contribution is 2.59. The molecule has 0 N–H and O–H groups in total. The van der Waals surface area contributed by atoms with Gasteiger partial charge in [-0.25, -0.2) is 0 Å². The molecule has 0 aliphatic heterocycles. The quantitative estimate of drug-likeness (QED) is 0.463. The Morgan fingerprint density at radius 3 is 2.67 bits per heavy atom. The maximum Gasteiger partial charge on any atom is -0.0354 e. The third-order valence-corrected chi connectivity index (χ3v) is 4.00. The van der Waals surface area contributed by atoms with Crippen LogP contribution in [0.3, 0.4) is 0 Å². The topological polar surface area (TPSA) is 0 Å². The summed E-state index contributed by atoms with van der Waals surface area (Å²) in [7, 11) is 0. The Balaban J connectivity index is 1.95. The van der Waals surface area contributed by atoms with Gasteiger partial charge >= 0.3 is 0 Å². The molecule has 0 radical (unpaired) electrons. The van der Waals surface area contributed by atoms with Gasteiger partial charge in [-0.2, -0.15) is 0 Å². The third-order valence-electron chi connectivity index (χ3n) is 4.00. The molecule has 9 heavy (non-hydrogen) atoms. The van der Waals surface area contributed by atoms with Crippen LogP contribution in [0.4, 0.5) is 0 Å². The van der Waals surface area contributed by atoms with Crippen LogP contribution >= 0.6 is 0 Å². The lowest BCUT2D eigenvalue weighted by molar-refractivity contribution is 0.0850. The molecule has 0 aromatic rings. The predicted molar refractivity (Wildman–Crippen MR) is 37.0 cm³/mol. The van der Waals surface area contributed by atoms with E-state index in [2.05, 4.69) is 0 Å². The van der Waals surface area contributed by atoms with E-state index in [9.17, 15) is 0 Å². The van der Waals surface area contributed by atoms with E-state index in [1.807, 2.05) is 0 Å². The van der Waals surface area contributed by atoms with E-state index >= 15 is 0 Å². The van der Waals surface area contributed by atoms with Crippen LogP contribution in [0.1, 0.15) is 32.1 Å². The van der Waals surface area contributed by atoms with Gasteiger partial charge in [-0.1, -0.05) is 6.42 Å². The fourth-order valence-electron chi connectivity index (χ4n) is 3.51. The van der Waals surface area contributed by atoms with E-state index in [4.69, 9.17) is 0 Å².